The third kappa shape index (κ3) is 4.32. The van der Waals surface area contributed by atoms with E-state index in [0.717, 1.165) is 25.0 Å². The van der Waals surface area contributed by atoms with Gasteiger partial charge < -0.3 is 10.1 Å². The van der Waals surface area contributed by atoms with Crippen molar-refractivity contribution in [3.05, 3.63) is 53.6 Å². The van der Waals surface area contributed by atoms with Gasteiger partial charge in [0.2, 0.25) is 0 Å². The minimum absolute atomic E-state index is 0.0503. The average molecular weight is 389 g/mol. The Morgan fingerprint density at radius 3 is 2.54 bits per heavy atom. The number of hydrogen-bond donors (Lipinski definition) is 1. The summed E-state index contributed by atoms with van der Waals surface area (Å²) in [5, 5.41) is 1.88. The molecule has 1 aliphatic carbocycles. The maximum atomic E-state index is 12.2. The van der Waals surface area contributed by atoms with Crippen LogP contribution in [0.5, 0.6) is 5.75 Å². The van der Waals surface area contributed by atoms with E-state index in [-0.39, 0.29) is 11.0 Å². The molecule has 1 aromatic heterocycles. The molecule has 1 fully saturated rings. The van der Waals surface area contributed by atoms with Crippen LogP contribution in [0, 0.1) is 0 Å². The van der Waals surface area contributed by atoms with Gasteiger partial charge in [0.1, 0.15) is 11.6 Å². The van der Waals surface area contributed by atoms with Crippen molar-refractivity contribution in [3.63, 3.8) is 0 Å². The van der Waals surface area contributed by atoms with Crippen LogP contribution in [-0.4, -0.2) is 41.7 Å². The number of aromatic nitrogens is 2. The molecule has 1 aliphatic rings. The van der Waals surface area contributed by atoms with E-state index in [1.807, 2.05) is 23.5 Å². The lowest BCUT2D eigenvalue weighted by atomic mass is 9.62. The predicted octanol–water partition coefficient (Wildman–Crippen LogP) is 2.71. The van der Waals surface area contributed by atoms with Crippen molar-refractivity contribution in [2.45, 2.75) is 37.5 Å². The van der Waals surface area contributed by atoms with Gasteiger partial charge in [0.25, 0.3) is 5.91 Å². The number of halogens is 2. The van der Waals surface area contributed by atoms with Crippen molar-refractivity contribution < 1.29 is 23.1 Å². The number of alkyl halides is 2. The fourth-order valence-corrected chi connectivity index (χ4v) is 3.36. The lowest BCUT2D eigenvalue weighted by molar-refractivity contribution is -0.131. The van der Waals surface area contributed by atoms with Gasteiger partial charge in [0.05, 0.1) is 19.2 Å². The first kappa shape index (κ1) is 19.9. The van der Waals surface area contributed by atoms with Crippen LogP contribution in [0.15, 0.2) is 36.7 Å². The van der Waals surface area contributed by atoms with E-state index in [1.54, 1.807) is 7.11 Å². The third-order valence-corrected chi connectivity index (χ3v) is 5.14. The molecule has 0 unspecified atom stereocenters. The normalized spacial score (nSPS) is 15.0. The zero-order valence-corrected chi connectivity index (χ0v) is 15.5. The molecular weight excluding hydrogens is 368 g/mol. The monoisotopic (exact) mass is 389 g/mol. The van der Waals surface area contributed by atoms with E-state index in [9.17, 15) is 18.4 Å². The molecule has 2 aromatic rings. The van der Waals surface area contributed by atoms with Gasteiger partial charge in [-0.2, -0.15) is 8.78 Å². The van der Waals surface area contributed by atoms with Gasteiger partial charge in [0.15, 0.2) is 5.78 Å². The van der Waals surface area contributed by atoms with Gasteiger partial charge in [-0.05, 0) is 30.5 Å². The Morgan fingerprint density at radius 2 is 1.96 bits per heavy atom. The second kappa shape index (κ2) is 8.41. The average Bonchev–Trinajstić information content (AvgIpc) is 2.69. The SMILES string of the molecule is COc1cccc(C2(Cc3ncc(C(=O)CNC(=O)C(F)F)cn3)CCC2)c1. The molecule has 148 valence electrons. The van der Waals surface area contributed by atoms with Gasteiger partial charge in [-0.3, -0.25) is 9.59 Å². The lowest BCUT2D eigenvalue weighted by Crippen LogP contribution is -2.37. The smallest absolute Gasteiger partial charge is 0.315 e. The molecule has 1 saturated carbocycles. The Hall–Kier alpha value is -2.90. The van der Waals surface area contributed by atoms with Crippen LogP contribution in [0.2, 0.25) is 0 Å². The Bertz CT molecular complexity index is 852. The first-order chi connectivity index (χ1) is 13.4. The second-order valence-corrected chi connectivity index (χ2v) is 6.87. The van der Waals surface area contributed by atoms with Crippen molar-refractivity contribution in [2.24, 2.45) is 0 Å². The van der Waals surface area contributed by atoms with E-state index in [4.69, 9.17) is 4.74 Å². The zero-order valence-electron chi connectivity index (χ0n) is 15.5. The van der Waals surface area contributed by atoms with Crippen molar-refractivity contribution in [1.29, 1.82) is 0 Å². The molecule has 0 saturated heterocycles. The van der Waals surface area contributed by atoms with E-state index in [0.29, 0.717) is 12.2 Å². The molecular formula is C20H21F2N3O3. The number of ketones is 1. The minimum Gasteiger partial charge on any atom is -0.497 e. The van der Waals surface area contributed by atoms with Crippen LogP contribution in [0.3, 0.4) is 0 Å². The summed E-state index contributed by atoms with van der Waals surface area (Å²) in [4.78, 5) is 31.4. The highest BCUT2D eigenvalue weighted by atomic mass is 19.3. The van der Waals surface area contributed by atoms with E-state index in [2.05, 4.69) is 16.0 Å². The van der Waals surface area contributed by atoms with Crippen molar-refractivity contribution >= 4 is 11.7 Å². The van der Waals surface area contributed by atoms with Gasteiger partial charge in [-0.25, -0.2) is 9.97 Å². The quantitative estimate of drug-likeness (QED) is 0.702. The van der Waals surface area contributed by atoms with Gasteiger partial charge in [0, 0.05) is 24.2 Å². The number of nitrogens with zero attached hydrogens (tertiary/aromatic N) is 2. The number of nitrogens with one attached hydrogen (secondary N) is 1. The first-order valence-corrected chi connectivity index (χ1v) is 8.98. The van der Waals surface area contributed by atoms with Gasteiger partial charge in [-0.15, -0.1) is 0 Å². The van der Waals surface area contributed by atoms with Gasteiger partial charge in [-0.1, -0.05) is 18.6 Å². The standard InChI is InChI=1S/C20H21F2N3O3/c1-28-15-5-2-4-14(8-15)20(6-3-7-20)9-17-23-10-13(11-24-17)16(26)12-25-19(27)18(21)22/h2,4-5,8,10-11,18H,3,6-7,9,12H2,1H3,(H,25,27). The van der Waals surface area contributed by atoms with E-state index in [1.165, 1.54) is 18.0 Å². The van der Waals surface area contributed by atoms with Crippen LogP contribution < -0.4 is 10.1 Å². The van der Waals surface area contributed by atoms with Crippen LogP contribution >= 0.6 is 0 Å². The predicted molar refractivity (Wildman–Crippen MR) is 97.6 cm³/mol. The summed E-state index contributed by atoms with van der Waals surface area (Å²) in [6.45, 7) is -0.514. The summed E-state index contributed by atoms with van der Waals surface area (Å²) < 4.78 is 29.6. The number of hydrogen-bond acceptors (Lipinski definition) is 5. The molecule has 0 radical (unpaired) electrons. The fraction of sp³-hybridized carbons (Fsp3) is 0.400. The summed E-state index contributed by atoms with van der Waals surface area (Å²) in [7, 11) is 1.63. The minimum atomic E-state index is -3.15. The number of ether oxygens (including phenoxy) is 1. The lowest BCUT2D eigenvalue weighted by Gasteiger charge is -2.42. The molecule has 0 bridgehead atoms. The van der Waals surface area contributed by atoms with Crippen LogP contribution in [-0.2, 0) is 16.6 Å². The first-order valence-electron chi connectivity index (χ1n) is 8.98. The Balaban J connectivity index is 1.67. The van der Waals surface area contributed by atoms with Crippen molar-refractivity contribution in [1.82, 2.24) is 15.3 Å². The maximum Gasteiger partial charge on any atom is 0.315 e. The Labute approximate surface area is 161 Å². The topological polar surface area (TPSA) is 81.2 Å². The molecule has 6 nitrogen and oxygen atoms in total. The molecule has 1 amide bonds. The largest absolute Gasteiger partial charge is 0.497 e. The van der Waals surface area contributed by atoms with E-state index < -0.39 is 24.7 Å². The van der Waals surface area contributed by atoms with Crippen molar-refractivity contribution in [2.75, 3.05) is 13.7 Å². The van der Waals surface area contributed by atoms with Gasteiger partial charge >= 0.3 is 6.43 Å². The number of carbonyl (C=O) groups excluding carboxylic acids is 2. The number of methoxy groups -OCH3 is 1. The molecule has 28 heavy (non-hydrogen) atoms. The molecule has 1 aromatic carbocycles. The van der Waals surface area contributed by atoms with Crippen LogP contribution in [0.1, 0.15) is 41.0 Å². The third-order valence-electron chi connectivity index (χ3n) is 5.14. The molecule has 0 spiro atoms. The maximum absolute atomic E-state index is 12.2. The highest BCUT2D eigenvalue weighted by molar-refractivity contribution is 5.99. The zero-order chi connectivity index (χ0) is 20.1. The van der Waals surface area contributed by atoms with Crippen LogP contribution in [0.4, 0.5) is 8.78 Å². The van der Waals surface area contributed by atoms with Crippen molar-refractivity contribution in [3.8, 4) is 5.75 Å². The highest BCUT2D eigenvalue weighted by Crippen LogP contribution is 2.46. The molecule has 0 atom stereocenters. The summed E-state index contributed by atoms with van der Waals surface area (Å²) >= 11 is 0. The molecule has 8 heteroatoms. The highest BCUT2D eigenvalue weighted by Gasteiger charge is 2.39. The molecule has 3 rings (SSSR count). The van der Waals surface area contributed by atoms with E-state index >= 15 is 0 Å². The number of benzene rings is 1. The Kier molecular flexibility index (Phi) is 5.96. The number of rotatable bonds is 8. The molecule has 1 heterocycles. The summed E-state index contributed by atoms with van der Waals surface area (Å²) in [6, 6.07) is 7.97. The molecule has 0 aliphatic heterocycles. The summed E-state index contributed by atoms with van der Waals surface area (Å²) in [5.41, 5.74) is 1.30. The summed E-state index contributed by atoms with van der Waals surface area (Å²) in [6.07, 6.45) is 3.39. The number of Topliss-reactive ketones (excluding diaryl/α,β-unsaturated/α-hetero) is 1. The Morgan fingerprint density at radius 1 is 1.25 bits per heavy atom. The summed E-state index contributed by atoms with van der Waals surface area (Å²) in [5.74, 6) is -0.588. The number of amides is 1. The fourth-order valence-electron chi connectivity index (χ4n) is 3.36. The number of carbonyl (C=O) groups is 2. The molecule has 1 N–H and O–H groups in total. The second-order valence-electron chi connectivity index (χ2n) is 6.87. The van der Waals surface area contributed by atoms with Crippen LogP contribution in [0.25, 0.3) is 0 Å².